The molecule has 0 aromatic heterocycles. The third-order valence-corrected chi connectivity index (χ3v) is 5.06. The van der Waals surface area contributed by atoms with Crippen molar-refractivity contribution in [3.63, 3.8) is 0 Å². The summed E-state index contributed by atoms with van der Waals surface area (Å²) in [6.45, 7) is 3.56. The molecule has 2 amide bonds. The van der Waals surface area contributed by atoms with Crippen molar-refractivity contribution in [1.29, 1.82) is 0 Å². The monoisotopic (exact) mass is 386 g/mol. The van der Waals surface area contributed by atoms with E-state index >= 15 is 0 Å². The Morgan fingerprint density at radius 3 is 2.26 bits per heavy atom. The minimum atomic E-state index is -4.49. The quantitative estimate of drug-likeness (QED) is 0.814. The maximum atomic E-state index is 12.5. The molecule has 148 valence electrons. The van der Waals surface area contributed by atoms with E-state index in [1.165, 1.54) is 4.90 Å². The first-order chi connectivity index (χ1) is 12.5. The number of benzene rings is 1. The van der Waals surface area contributed by atoms with Gasteiger partial charge in [0.25, 0.3) is 5.91 Å². The number of amides is 2. The number of halogens is 3. The molecule has 1 fully saturated rings. The van der Waals surface area contributed by atoms with Gasteiger partial charge < -0.3 is 15.3 Å². The third-order valence-electron chi connectivity index (χ3n) is 5.06. The summed E-state index contributed by atoms with van der Waals surface area (Å²) in [6, 6.07) is 3.65. The van der Waals surface area contributed by atoms with Crippen LogP contribution >= 0.6 is 0 Å². The summed E-state index contributed by atoms with van der Waals surface area (Å²) in [6.07, 6.45) is -4.16. The summed E-state index contributed by atoms with van der Waals surface area (Å²) in [4.78, 5) is 37.3. The summed E-state index contributed by atoms with van der Waals surface area (Å²) in [7, 11) is 0. The first kappa shape index (κ1) is 20.7. The Bertz CT molecular complexity index is 731. The van der Waals surface area contributed by atoms with Crippen LogP contribution in [0.3, 0.4) is 0 Å². The van der Waals surface area contributed by atoms with Crippen LogP contribution in [0.2, 0.25) is 0 Å². The Balaban J connectivity index is 1.94. The molecule has 0 radical (unpaired) electrons. The van der Waals surface area contributed by atoms with Gasteiger partial charge in [0.15, 0.2) is 0 Å². The summed E-state index contributed by atoms with van der Waals surface area (Å²) in [5.41, 5.74) is -1.88. The molecule has 1 saturated heterocycles. The number of likely N-dealkylation sites (tertiary alicyclic amines) is 1. The van der Waals surface area contributed by atoms with Crippen LogP contribution in [-0.2, 0) is 15.8 Å². The molecule has 6 nitrogen and oxygen atoms in total. The second kappa shape index (κ2) is 7.58. The molecule has 2 rings (SSSR count). The van der Waals surface area contributed by atoms with Crippen LogP contribution in [0.1, 0.15) is 36.2 Å². The molecule has 0 aliphatic carbocycles. The van der Waals surface area contributed by atoms with Crippen molar-refractivity contribution in [1.82, 2.24) is 10.2 Å². The molecule has 1 atom stereocenters. The molecule has 1 aliphatic rings. The molecule has 0 spiro atoms. The van der Waals surface area contributed by atoms with E-state index in [1.807, 2.05) is 0 Å². The summed E-state index contributed by atoms with van der Waals surface area (Å²) in [5, 5.41) is 11.9. The Hall–Kier alpha value is -2.58. The number of carboxylic acid groups (broad SMARTS) is 1. The van der Waals surface area contributed by atoms with Crippen LogP contribution in [0, 0.1) is 11.3 Å². The summed E-state index contributed by atoms with van der Waals surface area (Å²) in [5.74, 6) is -2.22. The highest BCUT2D eigenvalue weighted by Gasteiger charge is 2.48. The number of hydrogen-bond donors (Lipinski definition) is 2. The van der Waals surface area contributed by atoms with Crippen LogP contribution < -0.4 is 5.32 Å². The van der Waals surface area contributed by atoms with Gasteiger partial charge in [-0.05, 0) is 36.6 Å². The van der Waals surface area contributed by atoms with E-state index < -0.39 is 34.9 Å². The Labute approximate surface area is 154 Å². The predicted octanol–water partition coefficient (Wildman–Crippen LogP) is 2.39. The number of carbonyl (C=O) groups is 3. The molecule has 2 N–H and O–H groups in total. The van der Waals surface area contributed by atoms with Crippen LogP contribution in [0.15, 0.2) is 24.3 Å². The third kappa shape index (κ3) is 4.40. The average Bonchev–Trinajstić information content (AvgIpc) is 3.06. The van der Waals surface area contributed by atoms with Crippen molar-refractivity contribution in [2.45, 2.75) is 26.4 Å². The SMILES string of the molecule is CC(C)C1(C(=O)O)CCN(C(=O)CNC(=O)c2ccc(C(F)(F)F)cc2)C1. The highest BCUT2D eigenvalue weighted by atomic mass is 19.4. The fraction of sp³-hybridized carbons (Fsp3) is 0.500. The van der Waals surface area contributed by atoms with E-state index in [-0.39, 0.29) is 31.1 Å². The van der Waals surface area contributed by atoms with Crippen molar-refractivity contribution < 1.29 is 32.7 Å². The van der Waals surface area contributed by atoms with Gasteiger partial charge in [0.2, 0.25) is 5.91 Å². The van der Waals surface area contributed by atoms with Crippen molar-refractivity contribution in [2.75, 3.05) is 19.6 Å². The lowest BCUT2D eigenvalue weighted by Gasteiger charge is -2.28. The lowest BCUT2D eigenvalue weighted by molar-refractivity contribution is -0.151. The largest absolute Gasteiger partial charge is 0.481 e. The Morgan fingerprint density at radius 1 is 1.22 bits per heavy atom. The van der Waals surface area contributed by atoms with Gasteiger partial charge in [0.05, 0.1) is 17.5 Å². The number of nitrogens with one attached hydrogen (secondary N) is 1. The Morgan fingerprint density at radius 2 is 1.81 bits per heavy atom. The average molecular weight is 386 g/mol. The van der Waals surface area contributed by atoms with Crippen molar-refractivity contribution in [3.05, 3.63) is 35.4 Å². The van der Waals surface area contributed by atoms with E-state index in [0.717, 1.165) is 24.3 Å². The molecule has 0 saturated carbocycles. The van der Waals surface area contributed by atoms with Crippen molar-refractivity contribution >= 4 is 17.8 Å². The smallest absolute Gasteiger partial charge is 0.416 e. The molecule has 0 bridgehead atoms. The number of alkyl halides is 3. The van der Waals surface area contributed by atoms with Crippen LogP contribution in [0.5, 0.6) is 0 Å². The predicted molar refractivity (Wildman–Crippen MR) is 89.9 cm³/mol. The number of nitrogens with zero attached hydrogens (tertiary/aromatic N) is 1. The van der Waals surface area contributed by atoms with Crippen molar-refractivity contribution in [3.8, 4) is 0 Å². The number of rotatable bonds is 5. The second-order valence-electron chi connectivity index (χ2n) is 6.94. The minimum Gasteiger partial charge on any atom is -0.481 e. The molecule has 9 heteroatoms. The zero-order valence-electron chi connectivity index (χ0n) is 15.0. The number of hydrogen-bond acceptors (Lipinski definition) is 3. The van der Waals surface area contributed by atoms with Crippen molar-refractivity contribution in [2.24, 2.45) is 11.3 Å². The molecule has 1 heterocycles. The van der Waals surface area contributed by atoms with Gasteiger partial charge in [-0.15, -0.1) is 0 Å². The normalized spacial score (nSPS) is 20.0. The van der Waals surface area contributed by atoms with Gasteiger partial charge in [-0.1, -0.05) is 13.8 Å². The molecular formula is C18H21F3N2O4. The zero-order valence-corrected chi connectivity index (χ0v) is 15.0. The van der Waals surface area contributed by atoms with E-state index in [9.17, 15) is 32.7 Å². The van der Waals surface area contributed by atoms with Gasteiger partial charge in [0, 0.05) is 18.7 Å². The number of aliphatic carboxylic acids is 1. The fourth-order valence-corrected chi connectivity index (χ4v) is 3.12. The van der Waals surface area contributed by atoms with E-state index in [1.54, 1.807) is 13.8 Å². The van der Waals surface area contributed by atoms with Gasteiger partial charge in [-0.25, -0.2) is 0 Å². The maximum Gasteiger partial charge on any atom is 0.416 e. The number of carbonyl (C=O) groups excluding carboxylic acids is 2. The highest BCUT2D eigenvalue weighted by molar-refractivity contribution is 5.96. The van der Waals surface area contributed by atoms with Crippen LogP contribution in [0.25, 0.3) is 0 Å². The standard InChI is InChI=1S/C18H21F3N2O4/c1-11(2)17(16(26)27)7-8-23(10-17)14(24)9-22-15(25)12-3-5-13(6-4-12)18(19,20)21/h3-6,11H,7-10H2,1-2H3,(H,22,25)(H,26,27). The first-order valence-corrected chi connectivity index (χ1v) is 8.44. The van der Waals surface area contributed by atoms with Crippen LogP contribution in [-0.4, -0.2) is 47.4 Å². The summed E-state index contributed by atoms with van der Waals surface area (Å²) >= 11 is 0. The molecule has 1 aliphatic heterocycles. The van der Waals surface area contributed by atoms with Gasteiger partial charge in [-0.2, -0.15) is 13.2 Å². The number of carboxylic acids is 1. The topological polar surface area (TPSA) is 86.7 Å². The zero-order chi connectivity index (χ0) is 20.4. The van der Waals surface area contributed by atoms with E-state index in [0.29, 0.717) is 6.42 Å². The van der Waals surface area contributed by atoms with E-state index in [2.05, 4.69) is 5.32 Å². The van der Waals surface area contributed by atoms with Crippen LogP contribution in [0.4, 0.5) is 13.2 Å². The first-order valence-electron chi connectivity index (χ1n) is 8.44. The molecule has 1 aromatic carbocycles. The lowest BCUT2D eigenvalue weighted by atomic mass is 9.76. The van der Waals surface area contributed by atoms with Gasteiger partial charge in [0.1, 0.15) is 0 Å². The molecular weight excluding hydrogens is 365 g/mol. The molecule has 1 aromatic rings. The molecule has 1 unspecified atom stereocenters. The maximum absolute atomic E-state index is 12.5. The molecule has 27 heavy (non-hydrogen) atoms. The lowest BCUT2D eigenvalue weighted by Crippen LogP contribution is -2.43. The Kier molecular flexibility index (Phi) is 5.82. The fourth-order valence-electron chi connectivity index (χ4n) is 3.12. The minimum absolute atomic E-state index is 0.000662. The van der Waals surface area contributed by atoms with Gasteiger partial charge >= 0.3 is 12.1 Å². The van der Waals surface area contributed by atoms with E-state index in [4.69, 9.17) is 0 Å². The summed E-state index contributed by atoms with van der Waals surface area (Å²) < 4.78 is 37.6. The highest BCUT2D eigenvalue weighted by Crippen LogP contribution is 2.38. The van der Waals surface area contributed by atoms with Gasteiger partial charge in [-0.3, -0.25) is 14.4 Å². The second-order valence-corrected chi connectivity index (χ2v) is 6.94.